The highest BCUT2D eigenvalue weighted by Gasteiger charge is 2.13. The lowest BCUT2D eigenvalue weighted by Gasteiger charge is -2.10. The summed E-state index contributed by atoms with van der Waals surface area (Å²) in [6.07, 6.45) is 5.55. The van der Waals surface area contributed by atoms with Crippen LogP contribution in [0.15, 0.2) is 110 Å². The number of hydrogen-bond acceptors (Lipinski definition) is 6. The fourth-order valence-electron chi connectivity index (χ4n) is 4.35. The molecule has 0 N–H and O–H groups in total. The normalized spacial score (nSPS) is 11.3. The monoisotopic (exact) mass is 462 g/mol. The van der Waals surface area contributed by atoms with Crippen molar-refractivity contribution in [2.75, 3.05) is 0 Å². The van der Waals surface area contributed by atoms with Gasteiger partial charge in [0, 0.05) is 51.4 Å². The van der Waals surface area contributed by atoms with Gasteiger partial charge in [0.2, 0.25) is 0 Å². The van der Waals surface area contributed by atoms with Crippen LogP contribution in [0.2, 0.25) is 0 Å². The zero-order valence-electron chi connectivity index (χ0n) is 19.1. The predicted molar refractivity (Wildman–Crippen MR) is 142 cm³/mol. The number of aromatic nitrogens is 6. The van der Waals surface area contributed by atoms with Gasteiger partial charge in [0.15, 0.2) is 17.5 Å². The van der Waals surface area contributed by atoms with Crippen molar-refractivity contribution in [1.29, 1.82) is 0 Å². The standard InChI is InChI=1S/C30H18N6/c1-4-10-25-19(7-1)16-31-28(34-25)22-13-23(29-32-17-20-8-2-5-11-26(20)35-29)15-24(14-22)30-33-18-21-9-3-6-12-27(21)36-30/h1-18H. The van der Waals surface area contributed by atoms with Crippen LogP contribution in [0, 0.1) is 0 Å². The third-order valence-electron chi connectivity index (χ3n) is 6.17. The summed E-state index contributed by atoms with van der Waals surface area (Å²) in [5.74, 6) is 1.87. The first kappa shape index (κ1) is 20.3. The molecule has 0 saturated heterocycles. The fourth-order valence-corrected chi connectivity index (χ4v) is 4.35. The van der Waals surface area contributed by atoms with Gasteiger partial charge in [0.25, 0.3) is 0 Å². The first-order valence-electron chi connectivity index (χ1n) is 11.6. The van der Waals surface area contributed by atoms with Crippen molar-refractivity contribution >= 4 is 32.7 Å². The highest BCUT2D eigenvalue weighted by Crippen LogP contribution is 2.30. The van der Waals surface area contributed by atoms with Crippen molar-refractivity contribution < 1.29 is 0 Å². The molecule has 7 rings (SSSR count). The molecule has 0 aliphatic heterocycles. The van der Waals surface area contributed by atoms with E-state index in [1.54, 1.807) is 0 Å². The van der Waals surface area contributed by atoms with Crippen LogP contribution in [0.25, 0.3) is 66.9 Å². The molecule has 0 saturated carbocycles. The number of hydrogen-bond donors (Lipinski definition) is 0. The van der Waals surface area contributed by atoms with Crippen LogP contribution in [-0.2, 0) is 0 Å². The Hall–Kier alpha value is -5.10. The van der Waals surface area contributed by atoms with Crippen LogP contribution in [0.3, 0.4) is 0 Å². The van der Waals surface area contributed by atoms with Gasteiger partial charge in [0.05, 0.1) is 16.6 Å². The van der Waals surface area contributed by atoms with E-state index in [0.29, 0.717) is 17.5 Å². The first-order chi connectivity index (χ1) is 17.8. The van der Waals surface area contributed by atoms with Gasteiger partial charge < -0.3 is 0 Å². The van der Waals surface area contributed by atoms with Gasteiger partial charge in [-0.2, -0.15) is 0 Å². The van der Waals surface area contributed by atoms with Gasteiger partial charge in [-0.25, -0.2) is 29.9 Å². The maximum atomic E-state index is 4.82. The predicted octanol–water partition coefficient (Wildman–Crippen LogP) is 6.52. The van der Waals surface area contributed by atoms with Crippen LogP contribution < -0.4 is 0 Å². The van der Waals surface area contributed by atoms with E-state index in [2.05, 4.69) is 15.0 Å². The molecule has 36 heavy (non-hydrogen) atoms. The maximum absolute atomic E-state index is 4.82. The molecule has 0 aliphatic carbocycles. The Labute approximate surface area is 206 Å². The minimum absolute atomic E-state index is 0.623. The van der Waals surface area contributed by atoms with Gasteiger partial charge in [0.1, 0.15) is 0 Å². The number of benzene rings is 4. The first-order valence-corrected chi connectivity index (χ1v) is 11.6. The molecule has 3 heterocycles. The Bertz CT molecular complexity index is 1680. The van der Waals surface area contributed by atoms with E-state index in [1.807, 2.05) is 110 Å². The largest absolute Gasteiger partial charge is 0.236 e. The summed E-state index contributed by atoms with van der Waals surface area (Å²) in [6.45, 7) is 0. The quantitative estimate of drug-likeness (QED) is 0.298. The van der Waals surface area contributed by atoms with E-state index in [-0.39, 0.29) is 0 Å². The van der Waals surface area contributed by atoms with Crippen LogP contribution in [-0.4, -0.2) is 29.9 Å². The molecule has 0 fully saturated rings. The smallest absolute Gasteiger partial charge is 0.159 e. The van der Waals surface area contributed by atoms with Crippen molar-refractivity contribution in [3.8, 4) is 34.2 Å². The molecular weight excluding hydrogens is 444 g/mol. The van der Waals surface area contributed by atoms with E-state index < -0.39 is 0 Å². The fraction of sp³-hybridized carbons (Fsp3) is 0. The lowest BCUT2D eigenvalue weighted by Crippen LogP contribution is -1.96. The molecule has 0 spiro atoms. The summed E-state index contributed by atoms with van der Waals surface area (Å²) in [7, 11) is 0. The third-order valence-corrected chi connectivity index (χ3v) is 6.17. The van der Waals surface area contributed by atoms with Gasteiger partial charge in [-0.3, -0.25) is 0 Å². The van der Waals surface area contributed by atoms with E-state index in [1.165, 1.54) is 0 Å². The molecule has 0 radical (unpaired) electrons. The summed E-state index contributed by atoms with van der Waals surface area (Å²) in [5.41, 5.74) is 5.21. The molecule has 6 heteroatoms. The Balaban J connectivity index is 1.45. The van der Waals surface area contributed by atoms with Crippen molar-refractivity contribution in [2.45, 2.75) is 0 Å². The van der Waals surface area contributed by atoms with Gasteiger partial charge >= 0.3 is 0 Å². The zero-order chi connectivity index (χ0) is 23.9. The summed E-state index contributed by atoms with van der Waals surface area (Å²) < 4.78 is 0. The van der Waals surface area contributed by atoms with Crippen molar-refractivity contribution in [3.05, 3.63) is 110 Å². The van der Waals surface area contributed by atoms with Crippen LogP contribution in [0.5, 0.6) is 0 Å². The average molecular weight is 463 g/mol. The number of rotatable bonds is 3. The van der Waals surface area contributed by atoms with Crippen LogP contribution in [0.1, 0.15) is 0 Å². The summed E-state index contributed by atoms with van der Waals surface area (Å²) in [4.78, 5) is 28.4. The maximum Gasteiger partial charge on any atom is 0.159 e. The molecule has 3 aromatic heterocycles. The topological polar surface area (TPSA) is 77.3 Å². The van der Waals surface area contributed by atoms with E-state index in [0.717, 1.165) is 49.4 Å². The Kier molecular flexibility index (Phi) is 4.67. The molecule has 168 valence electrons. The Morgan fingerprint density at radius 3 is 1.00 bits per heavy atom. The Morgan fingerprint density at radius 1 is 0.361 bits per heavy atom. The van der Waals surface area contributed by atoms with Crippen molar-refractivity contribution in [3.63, 3.8) is 0 Å². The second-order valence-corrected chi connectivity index (χ2v) is 8.56. The minimum Gasteiger partial charge on any atom is -0.236 e. The van der Waals surface area contributed by atoms with Crippen molar-refractivity contribution in [2.24, 2.45) is 0 Å². The second-order valence-electron chi connectivity index (χ2n) is 8.56. The van der Waals surface area contributed by atoms with Crippen LogP contribution in [0.4, 0.5) is 0 Å². The van der Waals surface area contributed by atoms with E-state index in [4.69, 9.17) is 15.0 Å². The highest BCUT2D eigenvalue weighted by atomic mass is 14.9. The summed E-state index contributed by atoms with van der Waals surface area (Å²) in [5, 5.41) is 2.98. The van der Waals surface area contributed by atoms with Gasteiger partial charge in [-0.1, -0.05) is 54.6 Å². The average Bonchev–Trinajstić information content (AvgIpc) is 2.96. The van der Waals surface area contributed by atoms with Crippen molar-refractivity contribution in [1.82, 2.24) is 29.9 Å². The highest BCUT2D eigenvalue weighted by molar-refractivity contribution is 5.84. The third kappa shape index (κ3) is 3.61. The molecule has 0 unspecified atom stereocenters. The van der Waals surface area contributed by atoms with Gasteiger partial charge in [-0.15, -0.1) is 0 Å². The molecule has 7 aromatic rings. The van der Waals surface area contributed by atoms with E-state index >= 15 is 0 Å². The molecule has 0 aliphatic rings. The molecular formula is C30H18N6. The minimum atomic E-state index is 0.623. The summed E-state index contributed by atoms with van der Waals surface area (Å²) in [6, 6.07) is 30.0. The van der Waals surface area contributed by atoms with E-state index in [9.17, 15) is 0 Å². The Morgan fingerprint density at radius 2 is 0.667 bits per heavy atom. The second kappa shape index (κ2) is 8.29. The molecule has 6 nitrogen and oxygen atoms in total. The molecule has 0 amide bonds. The molecule has 0 atom stereocenters. The van der Waals surface area contributed by atoms with Crippen LogP contribution >= 0.6 is 0 Å². The number of fused-ring (bicyclic) bond motifs is 3. The lowest BCUT2D eigenvalue weighted by molar-refractivity contribution is 1.20. The summed E-state index contributed by atoms with van der Waals surface area (Å²) >= 11 is 0. The molecule has 4 aromatic carbocycles. The number of para-hydroxylation sites is 3. The zero-order valence-corrected chi connectivity index (χ0v) is 19.1. The van der Waals surface area contributed by atoms with Gasteiger partial charge in [-0.05, 0) is 36.4 Å². The molecule has 0 bridgehead atoms. The lowest BCUT2D eigenvalue weighted by atomic mass is 10.0. The SMILES string of the molecule is c1ccc2nc(-c3cc(-c4ncc5ccccc5n4)cc(-c4ncc5ccccc5n4)c3)ncc2c1. The number of nitrogens with zero attached hydrogens (tertiary/aromatic N) is 6.